The minimum Gasteiger partial charge on any atom is -0.367 e. The van der Waals surface area contributed by atoms with E-state index in [2.05, 4.69) is 30.3 Å². The fourth-order valence-electron chi connectivity index (χ4n) is 4.88. The van der Waals surface area contributed by atoms with Crippen molar-refractivity contribution in [3.8, 4) is 11.1 Å². The highest BCUT2D eigenvalue weighted by Gasteiger charge is 2.26. The maximum Gasteiger partial charge on any atom is 0.213 e. The smallest absolute Gasteiger partial charge is 0.213 e. The molecule has 0 bridgehead atoms. The molecule has 0 spiro atoms. The van der Waals surface area contributed by atoms with E-state index in [4.69, 9.17) is 11.6 Å². The molecule has 2 aliphatic rings. The second kappa shape index (κ2) is 10.2. The van der Waals surface area contributed by atoms with E-state index in [1.165, 1.54) is 6.42 Å². The minimum absolute atomic E-state index is 0.0710. The molecule has 2 atom stereocenters. The third-order valence-electron chi connectivity index (χ3n) is 6.84. The van der Waals surface area contributed by atoms with Crippen molar-refractivity contribution in [1.29, 1.82) is 0 Å². The van der Waals surface area contributed by atoms with E-state index in [0.717, 1.165) is 60.7 Å². The fraction of sp³-hybridized carbons (Fsp3) is 0.500. The molecule has 3 heterocycles. The molecule has 10 heteroatoms. The molecule has 3 aromatic heterocycles. The Morgan fingerprint density at radius 1 is 1.09 bits per heavy atom. The highest BCUT2D eigenvalue weighted by atomic mass is 35.5. The van der Waals surface area contributed by atoms with Gasteiger partial charge >= 0.3 is 0 Å². The predicted molar refractivity (Wildman–Crippen MR) is 137 cm³/mol. The van der Waals surface area contributed by atoms with Crippen molar-refractivity contribution < 1.29 is 8.42 Å². The number of halogens is 1. The van der Waals surface area contributed by atoms with E-state index in [-0.39, 0.29) is 17.8 Å². The summed E-state index contributed by atoms with van der Waals surface area (Å²) in [7, 11) is -3.31. The monoisotopic (exact) mass is 502 g/mol. The lowest BCUT2D eigenvalue weighted by Crippen LogP contribution is -2.45. The van der Waals surface area contributed by atoms with Gasteiger partial charge in [-0.25, -0.2) is 23.1 Å². The Labute approximate surface area is 205 Å². The van der Waals surface area contributed by atoms with Gasteiger partial charge in [0.15, 0.2) is 0 Å². The van der Waals surface area contributed by atoms with E-state index in [0.29, 0.717) is 23.6 Å². The van der Waals surface area contributed by atoms with Crippen LogP contribution in [0.25, 0.3) is 22.2 Å². The molecular formula is C24H31ClN6O2S. The van der Waals surface area contributed by atoms with Crippen LogP contribution in [0.1, 0.15) is 44.9 Å². The Kier molecular flexibility index (Phi) is 7.06. The number of hydrogen-bond donors (Lipinski definition) is 4. The Balaban J connectivity index is 1.22. The Hall–Kier alpha value is -2.20. The fourth-order valence-corrected chi connectivity index (χ4v) is 6.32. The second-order valence-corrected chi connectivity index (χ2v) is 11.6. The molecule has 3 aromatic rings. The molecule has 182 valence electrons. The summed E-state index contributed by atoms with van der Waals surface area (Å²) in [6.07, 6.45) is 10.7. The van der Waals surface area contributed by atoms with Crippen molar-refractivity contribution in [3.63, 3.8) is 0 Å². The average molecular weight is 503 g/mol. The summed E-state index contributed by atoms with van der Waals surface area (Å²) in [6.45, 7) is 0.507. The SMILES string of the molecule is O=S(=O)(CCNC1CCC1)NC1CCCC(Nc2cc(-c3c[nH]c4ncccc34)cc(Cl)n2)C1. The maximum atomic E-state index is 12.6. The quantitative estimate of drug-likeness (QED) is 0.328. The summed E-state index contributed by atoms with van der Waals surface area (Å²) in [4.78, 5) is 12.0. The summed E-state index contributed by atoms with van der Waals surface area (Å²) < 4.78 is 28.1. The van der Waals surface area contributed by atoms with E-state index in [9.17, 15) is 8.42 Å². The summed E-state index contributed by atoms with van der Waals surface area (Å²) in [6, 6.07) is 8.31. The molecule has 4 N–H and O–H groups in total. The lowest BCUT2D eigenvalue weighted by atomic mass is 9.91. The van der Waals surface area contributed by atoms with Crippen molar-refractivity contribution in [2.75, 3.05) is 17.6 Å². The largest absolute Gasteiger partial charge is 0.367 e. The number of rotatable bonds is 9. The Morgan fingerprint density at radius 3 is 2.71 bits per heavy atom. The molecule has 0 amide bonds. The first-order chi connectivity index (χ1) is 16.4. The molecule has 0 saturated heterocycles. The molecular weight excluding hydrogens is 472 g/mol. The van der Waals surface area contributed by atoms with Crippen LogP contribution in [-0.4, -0.2) is 53.8 Å². The van der Waals surface area contributed by atoms with Crippen LogP contribution in [0.5, 0.6) is 0 Å². The molecule has 2 aliphatic carbocycles. The van der Waals surface area contributed by atoms with Gasteiger partial charge in [0.25, 0.3) is 0 Å². The van der Waals surface area contributed by atoms with Crippen LogP contribution in [-0.2, 0) is 10.0 Å². The number of aromatic amines is 1. The van der Waals surface area contributed by atoms with Gasteiger partial charge in [-0.2, -0.15) is 0 Å². The molecule has 2 fully saturated rings. The van der Waals surface area contributed by atoms with Crippen LogP contribution in [0.3, 0.4) is 0 Å². The number of hydrogen-bond acceptors (Lipinski definition) is 6. The van der Waals surface area contributed by atoms with Crippen LogP contribution in [0.15, 0.2) is 36.7 Å². The van der Waals surface area contributed by atoms with E-state index >= 15 is 0 Å². The molecule has 34 heavy (non-hydrogen) atoms. The van der Waals surface area contributed by atoms with Gasteiger partial charge in [-0.05, 0) is 68.4 Å². The van der Waals surface area contributed by atoms with Crippen LogP contribution >= 0.6 is 11.6 Å². The third-order valence-corrected chi connectivity index (χ3v) is 8.47. The summed E-state index contributed by atoms with van der Waals surface area (Å²) in [5.41, 5.74) is 2.79. The number of pyridine rings is 2. The third kappa shape index (κ3) is 5.71. The van der Waals surface area contributed by atoms with E-state index in [1.807, 2.05) is 30.5 Å². The molecule has 5 rings (SSSR count). The second-order valence-electron chi connectivity index (χ2n) is 9.39. The average Bonchev–Trinajstić information content (AvgIpc) is 3.19. The standard InChI is InChI=1S/C24H31ClN6O2S/c25-22-12-16(21-15-28-24-20(21)8-3-9-27-24)13-23(30-22)29-18-6-2-7-19(14-18)31-34(32,33)11-10-26-17-4-1-5-17/h3,8-9,12-13,15,17-19,26,31H,1-2,4-7,10-11,14H2,(H,27,28)(H,29,30). The molecule has 2 unspecified atom stereocenters. The van der Waals surface area contributed by atoms with Gasteiger partial charge in [0, 0.05) is 48.0 Å². The summed E-state index contributed by atoms with van der Waals surface area (Å²) in [5, 5.41) is 8.25. The van der Waals surface area contributed by atoms with E-state index < -0.39 is 10.0 Å². The Morgan fingerprint density at radius 2 is 1.88 bits per heavy atom. The summed E-state index contributed by atoms with van der Waals surface area (Å²) in [5.74, 6) is 0.815. The first-order valence-corrected chi connectivity index (χ1v) is 14.1. The number of nitrogens with zero attached hydrogens (tertiary/aromatic N) is 2. The molecule has 0 aliphatic heterocycles. The molecule has 0 aromatic carbocycles. The van der Waals surface area contributed by atoms with Crippen molar-refractivity contribution in [2.24, 2.45) is 0 Å². The van der Waals surface area contributed by atoms with Crippen molar-refractivity contribution in [3.05, 3.63) is 41.8 Å². The van der Waals surface area contributed by atoms with Gasteiger partial charge in [-0.1, -0.05) is 18.0 Å². The normalized spacial score (nSPS) is 21.4. The van der Waals surface area contributed by atoms with Crippen LogP contribution in [0.2, 0.25) is 5.15 Å². The summed E-state index contributed by atoms with van der Waals surface area (Å²) >= 11 is 6.36. The first-order valence-electron chi connectivity index (χ1n) is 12.1. The van der Waals surface area contributed by atoms with Crippen LogP contribution in [0.4, 0.5) is 5.82 Å². The highest BCUT2D eigenvalue weighted by molar-refractivity contribution is 7.89. The minimum atomic E-state index is -3.31. The lowest BCUT2D eigenvalue weighted by molar-refractivity contribution is 0.346. The lowest BCUT2D eigenvalue weighted by Gasteiger charge is -2.31. The van der Waals surface area contributed by atoms with Gasteiger partial charge in [-0.15, -0.1) is 0 Å². The van der Waals surface area contributed by atoms with Gasteiger partial charge in [0.05, 0.1) is 5.75 Å². The van der Waals surface area contributed by atoms with Gasteiger partial charge < -0.3 is 15.6 Å². The number of fused-ring (bicyclic) bond motifs is 1. The van der Waals surface area contributed by atoms with Gasteiger partial charge in [0.2, 0.25) is 10.0 Å². The molecule has 2 saturated carbocycles. The topological polar surface area (TPSA) is 112 Å². The highest BCUT2D eigenvalue weighted by Crippen LogP contribution is 2.31. The van der Waals surface area contributed by atoms with Crippen LogP contribution in [0, 0.1) is 0 Å². The van der Waals surface area contributed by atoms with E-state index in [1.54, 1.807) is 6.20 Å². The maximum absolute atomic E-state index is 12.6. The van der Waals surface area contributed by atoms with Crippen LogP contribution < -0.4 is 15.4 Å². The molecule has 0 radical (unpaired) electrons. The number of sulfonamides is 1. The van der Waals surface area contributed by atoms with Crippen molar-refractivity contribution >= 4 is 38.5 Å². The van der Waals surface area contributed by atoms with Crippen molar-refractivity contribution in [2.45, 2.75) is 63.1 Å². The number of H-pyrrole nitrogens is 1. The number of anilines is 1. The Bertz CT molecular complexity index is 1240. The number of nitrogens with one attached hydrogen (secondary N) is 4. The zero-order valence-electron chi connectivity index (χ0n) is 19.1. The predicted octanol–water partition coefficient (Wildman–Crippen LogP) is 4.06. The van der Waals surface area contributed by atoms with Gasteiger partial charge in [0.1, 0.15) is 16.6 Å². The van der Waals surface area contributed by atoms with Gasteiger partial charge in [-0.3, -0.25) is 0 Å². The number of aromatic nitrogens is 3. The van der Waals surface area contributed by atoms with Crippen molar-refractivity contribution in [1.82, 2.24) is 25.0 Å². The molecule has 8 nitrogen and oxygen atoms in total. The zero-order valence-corrected chi connectivity index (χ0v) is 20.6. The zero-order chi connectivity index (χ0) is 23.5. The first kappa shape index (κ1) is 23.5.